The van der Waals surface area contributed by atoms with E-state index in [1.807, 2.05) is 6.92 Å². The third-order valence-electron chi connectivity index (χ3n) is 3.81. The van der Waals surface area contributed by atoms with Crippen LogP contribution in [-0.4, -0.2) is 51.9 Å². The van der Waals surface area contributed by atoms with Gasteiger partial charge in [0.05, 0.1) is 16.7 Å². The number of hydrogen-bond donors (Lipinski definition) is 4. The van der Waals surface area contributed by atoms with Gasteiger partial charge in [-0.2, -0.15) is 0 Å². The van der Waals surface area contributed by atoms with Gasteiger partial charge in [-0.05, 0) is 32.3 Å². The summed E-state index contributed by atoms with van der Waals surface area (Å²) < 4.78 is 0. The molecule has 0 aromatic heterocycles. The summed E-state index contributed by atoms with van der Waals surface area (Å²) in [4.78, 5) is 13.3. The minimum absolute atomic E-state index is 0.00771. The van der Waals surface area contributed by atoms with Crippen molar-refractivity contribution in [2.75, 3.05) is 19.7 Å². The maximum atomic E-state index is 11.8. The van der Waals surface area contributed by atoms with Crippen LogP contribution in [0.4, 0.5) is 0 Å². The van der Waals surface area contributed by atoms with Gasteiger partial charge in [0.25, 0.3) is 5.91 Å². The van der Waals surface area contributed by atoms with Gasteiger partial charge in [0.2, 0.25) is 0 Å². The fraction of sp³-hybridized carbons (Fsp3) is 0.562. The first-order chi connectivity index (χ1) is 11.3. The molecule has 0 saturated heterocycles. The van der Waals surface area contributed by atoms with Crippen LogP contribution in [0.5, 0.6) is 5.75 Å². The summed E-state index contributed by atoms with van der Waals surface area (Å²) in [6, 6.07) is 2.53. The number of unbranched alkanes of at least 4 members (excludes halogenated alkanes) is 1. The van der Waals surface area contributed by atoms with Gasteiger partial charge in [0.15, 0.2) is 6.10 Å². The van der Waals surface area contributed by atoms with E-state index in [4.69, 9.17) is 34.0 Å². The van der Waals surface area contributed by atoms with Gasteiger partial charge in [0.1, 0.15) is 5.75 Å². The number of likely N-dealkylation sites (N-methyl/N-ethyl adjacent to an activating group) is 1. The first kappa shape index (κ1) is 21.0. The summed E-state index contributed by atoms with van der Waals surface area (Å²) in [6.45, 7) is 2.14. The van der Waals surface area contributed by atoms with Crippen LogP contribution < -0.4 is 5.73 Å². The van der Waals surface area contributed by atoms with Crippen LogP contribution in [0.3, 0.4) is 0 Å². The summed E-state index contributed by atoms with van der Waals surface area (Å²) >= 11 is 11.8. The molecule has 2 atom stereocenters. The standard InChI is InChI=1S/C16H24Cl2N2O4/c1-2-20(16(24)15(23)9-21)6-4-3-5-13(19)10-7-11(17)12(18)8-14(10)22/h7-8,13,15,21-23H,2-6,9,19H2,1H3. The minimum atomic E-state index is -1.37. The highest BCUT2D eigenvalue weighted by molar-refractivity contribution is 6.42. The monoisotopic (exact) mass is 378 g/mol. The zero-order valence-corrected chi connectivity index (χ0v) is 15.1. The molecule has 0 fully saturated rings. The molecule has 0 aliphatic carbocycles. The SMILES string of the molecule is CCN(CCCCC(N)c1cc(Cl)c(Cl)cc1O)C(=O)C(O)CO. The molecule has 0 aliphatic rings. The van der Waals surface area contributed by atoms with Crippen molar-refractivity contribution >= 4 is 29.1 Å². The second-order valence-corrected chi connectivity index (χ2v) is 6.36. The van der Waals surface area contributed by atoms with Crippen LogP contribution in [0.2, 0.25) is 10.0 Å². The summed E-state index contributed by atoms with van der Waals surface area (Å²) in [5.74, 6) is -0.472. The molecule has 0 radical (unpaired) electrons. The second kappa shape index (κ2) is 10.1. The Morgan fingerprint density at radius 3 is 2.50 bits per heavy atom. The maximum Gasteiger partial charge on any atom is 0.253 e. The molecular formula is C16H24Cl2N2O4. The Bertz CT molecular complexity index is 557. The van der Waals surface area contributed by atoms with Crippen LogP contribution in [0.25, 0.3) is 0 Å². The van der Waals surface area contributed by atoms with Crippen molar-refractivity contribution in [3.8, 4) is 5.75 Å². The van der Waals surface area contributed by atoms with Crippen LogP contribution in [0, 0.1) is 0 Å². The third kappa shape index (κ3) is 5.79. The van der Waals surface area contributed by atoms with Gasteiger partial charge >= 0.3 is 0 Å². The molecule has 0 heterocycles. The lowest BCUT2D eigenvalue weighted by Gasteiger charge is -2.23. The van der Waals surface area contributed by atoms with E-state index in [-0.39, 0.29) is 10.8 Å². The van der Waals surface area contributed by atoms with Gasteiger partial charge in [-0.25, -0.2) is 0 Å². The van der Waals surface area contributed by atoms with Gasteiger partial charge in [-0.1, -0.05) is 23.2 Å². The maximum absolute atomic E-state index is 11.8. The first-order valence-corrected chi connectivity index (χ1v) is 8.58. The molecule has 0 saturated carbocycles. The molecule has 6 nitrogen and oxygen atoms in total. The number of benzene rings is 1. The molecule has 1 rings (SSSR count). The van der Waals surface area contributed by atoms with Crippen molar-refractivity contribution in [2.24, 2.45) is 5.73 Å². The number of aliphatic hydroxyl groups excluding tert-OH is 2. The number of halogens is 2. The normalized spacial score (nSPS) is 13.6. The van der Waals surface area contributed by atoms with Crippen LogP contribution in [-0.2, 0) is 4.79 Å². The smallest absolute Gasteiger partial charge is 0.253 e. The zero-order valence-electron chi connectivity index (χ0n) is 13.6. The fourth-order valence-electron chi connectivity index (χ4n) is 2.38. The van der Waals surface area contributed by atoms with Crippen molar-refractivity contribution in [3.05, 3.63) is 27.7 Å². The Hall–Kier alpha value is -1.05. The average molecular weight is 379 g/mol. The van der Waals surface area contributed by atoms with Crippen molar-refractivity contribution in [1.29, 1.82) is 0 Å². The number of phenols is 1. The summed E-state index contributed by atoms with van der Waals surface area (Å²) in [5.41, 5.74) is 6.61. The molecule has 1 aromatic rings. The first-order valence-electron chi connectivity index (χ1n) is 7.83. The second-order valence-electron chi connectivity index (χ2n) is 5.54. The topological polar surface area (TPSA) is 107 Å². The number of nitrogens with two attached hydrogens (primary N) is 1. The predicted molar refractivity (Wildman–Crippen MR) is 94.3 cm³/mol. The number of rotatable bonds is 9. The average Bonchev–Trinajstić information content (AvgIpc) is 2.56. The largest absolute Gasteiger partial charge is 0.508 e. The predicted octanol–water partition coefficient (Wildman–Crippen LogP) is 2.07. The number of hydrogen-bond acceptors (Lipinski definition) is 5. The molecular weight excluding hydrogens is 355 g/mol. The fourth-order valence-corrected chi connectivity index (χ4v) is 2.71. The van der Waals surface area contributed by atoms with E-state index in [9.17, 15) is 15.0 Å². The van der Waals surface area contributed by atoms with Gasteiger partial charge in [-0.15, -0.1) is 0 Å². The lowest BCUT2D eigenvalue weighted by Crippen LogP contribution is -2.41. The number of phenolic OH excluding ortho intramolecular Hbond substituents is 1. The Morgan fingerprint density at radius 2 is 1.92 bits per heavy atom. The molecule has 136 valence electrons. The van der Waals surface area contributed by atoms with E-state index in [1.165, 1.54) is 11.0 Å². The molecule has 0 bridgehead atoms. The lowest BCUT2D eigenvalue weighted by atomic mass is 10.0. The molecule has 5 N–H and O–H groups in total. The highest BCUT2D eigenvalue weighted by atomic mass is 35.5. The van der Waals surface area contributed by atoms with E-state index >= 15 is 0 Å². The van der Waals surface area contributed by atoms with Crippen LogP contribution >= 0.6 is 23.2 Å². The van der Waals surface area contributed by atoms with Gasteiger partial charge < -0.3 is 26.0 Å². The number of aromatic hydroxyl groups is 1. The quantitative estimate of drug-likeness (QED) is 0.492. The number of nitrogens with zero attached hydrogens (tertiary/aromatic N) is 1. The van der Waals surface area contributed by atoms with E-state index in [2.05, 4.69) is 0 Å². The summed E-state index contributed by atoms with van der Waals surface area (Å²) in [6.07, 6.45) is 0.632. The molecule has 0 spiro atoms. The van der Waals surface area contributed by atoms with Crippen molar-refractivity contribution in [3.63, 3.8) is 0 Å². The molecule has 8 heteroatoms. The zero-order chi connectivity index (χ0) is 18.3. The van der Waals surface area contributed by atoms with Crippen LogP contribution in [0.1, 0.15) is 37.8 Å². The molecule has 2 unspecified atom stereocenters. The summed E-state index contributed by atoms with van der Waals surface area (Å²) in [7, 11) is 0. The number of amides is 1. The van der Waals surface area contributed by atoms with Gasteiger partial charge in [-0.3, -0.25) is 4.79 Å². The Labute approximate surface area is 151 Å². The molecule has 24 heavy (non-hydrogen) atoms. The van der Waals surface area contributed by atoms with E-state index in [0.29, 0.717) is 36.5 Å². The minimum Gasteiger partial charge on any atom is -0.508 e. The van der Waals surface area contributed by atoms with Crippen LogP contribution in [0.15, 0.2) is 12.1 Å². The molecule has 0 aliphatic heterocycles. The van der Waals surface area contributed by atoms with E-state index < -0.39 is 24.7 Å². The highest BCUT2D eigenvalue weighted by Crippen LogP contribution is 2.34. The Kier molecular flexibility index (Phi) is 8.80. The number of carbonyl (C=O) groups is 1. The Balaban J connectivity index is 2.49. The number of aliphatic hydroxyl groups is 2. The summed E-state index contributed by atoms with van der Waals surface area (Å²) in [5, 5.41) is 28.7. The number of carbonyl (C=O) groups excluding carboxylic acids is 1. The Morgan fingerprint density at radius 1 is 1.29 bits per heavy atom. The highest BCUT2D eigenvalue weighted by Gasteiger charge is 2.20. The van der Waals surface area contributed by atoms with Crippen molar-refractivity contribution < 1.29 is 20.1 Å². The van der Waals surface area contributed by atoms with Gasteiger partial charge in [0, 0.05) is 30.8 Å². The van der Waals surface area contributed by atoms with Crippen molar-refractivity contribution in [2.45, 2.75) is 38.3 Å². The third-order valence-corrected chi connectivity index (χ3v) is 4.54. The van der Waals surface area contributed by atoms with Crippen molar-refractivity contribution in [1.82, 2.24) is 4.90 Å². The van der Waals surface area contributed by atoms with E-state index in [0.717, 1.165) is 6.42 Å². The molecule has 1 aromatic carbocycles. The molecule has 1 amide bonds. The van der Waals surface area contributed by atoms with E-state index in [1.54, 1.807) is 6.07 Å². The lowest BCUT2D eigenvalue weighted by molar-refractivity contribution is -0.142.